The molecule has 0 atom stereocenters. The van der Waals surface area contributed by atoms with Crippen molar-refractivity contribution in [3.63, 3.8) is 0 Å². The Morgan fingerprint density at radius 2 is 1.81 bits per heavy atom. The van der Waals surface area contributed by atoms with Crippen LogP contribution in [0.1, 0.15) is 33.6 Å². The minimum absolute atomic E-state index is 0.0234. The molecule has 94 valence electrons. The zero-order valence-corrected chi connectivity index (χ0v) is 9.66. The first-order chi connectivity index (χ1) is 7.15. The molecule has 0 aromatic rings. The molecular formula is C10H17F3N2O. The second-order valence-corrected chi connectivity index (χ2v) is 4.69. The molecule has 1 saturated carbocycles. The van der Waals surface area contributed by atoms with Crippen LogP contribution in [-0.2, 0) is 4.79 Å². The lowest BCUT2D eigenvalue weighted by atomic mass is 10.0. The molecule has 2 N–H and O–H groups in total. The highest BCUT2D eigenvalue weighted by molar-refractivity contribution is 5.86. The van der Waals surface area contributed by atoms with Crippen LogP contribution in [0.4, 0.5) is 13.2 Å². The van der Waals surface area contributed by atoms with Gasteiger partial charge in [0.05, 0.1) is 5.54 Å². The topological polar surface area (TPSA) is 41.1 Å². The van der Waals surface area contributed by atoms with Crippen LogP contribution in [0, 0.1) is 0 Å². The Morgan fingerprint density at radius 3 is 2.12 bits per heavy atom. The van der Waals surface area contributed by atoms with Crippen molar-refractivity contribution in [2.75, 3.05) is 6.54 Å². The van der Waals surface area contributed by atoms with E-state index in [1.807, 2.05) is 0 Å². The van der Waals surface area contributed by atoms with Gasteiger partial charge >= 0.3 is 6.18 Å². The molecule has 0 aromatic heterocycles. The summed E-state index contributed by atoms with van der Waals surface area (Å²) >= 11 is 0. The summed E-state index contributed by atoms with van der Waals surface area (Å²) in [5.41, 5.74) is -2.95. The van der Waals surface area contributed by atoms with E-state index >= 15 is 0 Å². The van der Waals surface area contributed by atoms with Gasteiger partial charge in [0.2, 0.25) is 5.91 Å². The average molecular weight is 238 g/mol. The molecule has 3 nitrogen and oxygen atoms in total. The number of rotatable bonds is 4. The molecule has 0 radical (unpaired) electrons. The smallest absolute Gasteiger partial charge is 0.340 e. The van der Waals surface area contributed by atoms with Crippen LogP contribution in [-0.4, -0.2) is 29.7 Å². The monoisotopic (exact) mass is 238 g/mol. The van der Waals surface area contributed by atoms with Gasteiger partial charge in [0.25, 0.3) is 0 Å². The SMILES string of the molecule is CCNC(C)(C)C(=O)NC1(C(F)(F)F)CC1. The van der Waals surface area contributed by atoms with Gasteiger partial charge in [-0.05, 0) is 33.2 Å². The first-order valence-corrected chi connectivity index (χ1v) is 5.29. The van der Waals surface area contributed by atoms with Gasteiger partial charge in [-0.15, -0.1) is 0 Å². The van der Waals surface area contributed by atoms with Gasteiger partial charge in [0.1, 0.15) is 5.54 Å². The molecule has 0 unspecified atom stereocenters. The highest BCUT2D eigenvalue weighted by Gasteiger charge is 2.64. The Morgan fingerprint density at radius 1 is 1.31 bits per heavy atom. The molecule has 0 spiro atoms. The molecule has 1 fully saturated rings. The van der Waals surface area contributed by atoms with Crippen molar-refractivity contribution in [3.8, 4) is 0 Å². The number of carbonyl (C=O) groups excluding carboxylic acids is 1. The average Bonchev–Trinajstić information content (AvgIpc) is 2.83. The highest BCUT2D eigenvalue weighted by Crippen LogP contribution is 2.49. The Bertz CT molecular complexity index is 282. The molecule has 0 aromatic carbocycles. The van der Waals surface area contributed by atoms with Gasteiger partial charge in [-0.25, -0.2) is 0 Å². The molecule has 1 aliphatic rings. The molecule has 1 amide bonds. The van der Waals surface area contributed by atoms with Gasteiger partial charge in [0.15, 0.2) is 0 Å². The van der Waals surface area contributed by atoms with Crippen molar-refractivity contribution in [2.24, 2.45) is 0 Å². The number of hydrogen-bond donors (Lipinski definition) is 2. The van der Waals surface area contributed by atoms with Crippen molar-refractivity contribution in [3.05, 3.63) is 0 Å². The Kier molecular flexibility index (Phi) is 3.24. The normalized spacial score (nSPS) is 19.4. The van der Waals surface area contributed by atoms with Crippen LogP contribution in [0.25, 0.3) is 0 Å². The summed E-state index contributed by atoms with van der Waals surface area (Å²) in [5, 5.41) is 4.95. The van der Waals surface area contributed by atoms with E-state index in [1.54, 1.807) is 20.8 Å². The molecule has 0 aliphatic heterocycles. The lowest BCUT2D eigenvalue weighted by Gasteiger charge is -2.29. The van der Waals surface area contributed by atoms with Gasteiger partial charge in [-0.1, -0.05) is 6.92 Å². The molecule has 1 aliphatic carbocycles. The summed E-state index contributed by atoms with van der Waals surface area (Å²) in [5.74, 6) is -0.607. The summed E-state index contributed by atoms with van der Waals surface area (Å²) in [6, 6.07) is 0. The quantitative estimate of drug-likeness (QED) is 0.780. The second kappa shape index (κ2) is 3.91. The molecule has 1 rings (SSSR count). The van der Waals surface area contributed by atoms with Crippen molar-refractivity contribution in [1.82, 2.24) is 10.6 Å². The summed E-state index contributed by atoms with van der Waals surface area (Å²) in [6.07, 6.45) is -4.40. The summed E-state index contributed by atoms with van der Waals surface area (Å²) in [4.78, 5) is 11.7. The van der Waals surface area contributed by atoms with Crippen LogP contribution in [0.15, 0.2) is 0 Å². The molecule has 16 heavy (non-hydrogen) atoms. The van der Waals surface area contributed by atoms with E-state index in [9.17, 15) is 18.0 Å². The van der Waals surface area contributed by atoms with Crippen LogP contribution in [0.3, 0.4) is 0 Å². The van der Waals surface area contributed by atoms with E-state index in [0.29, 0.717) is 6.54 Å². The van der Waals surface area contributed by atoms with Crippen LogP contribution in [0.5, 0.6) is 0 Å². The number of nitrogens with one attached hydrogen (secondary N) is 2. The highest BCUT2D eigenvalue weighted by atomic mass is 19.4. The number of amides is 1. The Hall–Kier alpha value is -0.780. The van der Waals surface area contributed by atoms with Gasteiger partial charge < -0.3 is 10.6 Å². The number of halogens is 3. The lowest BCUT2D eigenvalue weighted by Crippen LogP contribution is -2.58. The summed E-state index contributed by atoms with van der Waals surface area (Å²) in [6.45, 7) is 5.46. The minimum atomic E-state index is -4.36. The van der Waals surface area contributed by atoms with Crippen molar-refractivity contribution >= 4 is 5.91 Å². The van der Waals surface area contributed by atoms with E-state index in [1.165, 1.54) is 0 Å². The van der Waals surface area contributed by atoms with Crippen LogP contribution < -0.4 is 10.6 Å². The minimum Gasteiger partial charge on any atom is -0.340 e. The zero-order valence-electron chi connectivity index (χ0n) is 9.66. The van der Waals surface area contributed by atoms with Crippen molar-refractivity contribution < 1.29 is 18.0 Å². The maximum absolute atomic E-state index is 12.6. The second-order valence-electron chi connectivity index (χ2n) is 4.69. The maximum atomic E-state index is 12.6. The lowest BCUT2D eigenvalue weighted by molar-refractivity contribution is -0.171. The summed E-state index contributed by atoms with van der Waals surface area (Å²) < 4.78 is 37.8. The van der Waals surface area contributed by atoms with E-state index in [-0.39, 0.29) is 12.8 Å². The number of carbonyl (C=O) groups is 1. The van der Waals surface area contributed by atoms with Crippen LogP contribution >= 0.6 is 0 Å². The third-order valence-corrected chi connectivity index (χ3v) is 2.83. The molecule has 6 heteroatoms. The number of alkyl halides is 3. The maximum Gasteiger partial charge on any atom is 0.411 e. The van der Waals surface area contributed by atoms with E-state index in [4.69, 9.17) is 0 Å². The van der Waals surface area contributed by atoms with Gasteiger partial charge in [-0.2, -0.15) is 13.2 Å². The van der Waals surface area contributed by atoms with Crippen LogP contribution in [0.2, 0.25) is 0 Å². The van der Waals surface area contributed by atoms with E-state index < -0.39 is 23.2 Å². The molecule has 0 bridgehead atoms. The molecular weight excluding hydrogens is 221 g/mol. The fourth-order valence-corrected chi connectivity index (χ4v) is 1.50. The van der Waals surface area contributed by atoms with Gasteiger partial charge in [-0.3, -0.25) is 4.79 Å². The van der Waals surface area contributed by atoms with Crippen molar-refractivity contribution in [1.29, 1.82) is 0 Å². The first kappa shape index (κ1) is 13.3. The third kappa shape index (κ3) is 2.48. The van der Waals surface area contributed by atoms with Gasteiger partial charge in [0, 0.05) is 0 Å². The first-order valence-electron chi connectivity index (χ1n) is 5.29. The summed E-state index contributed by atoms with van der Waals surface area (Å²) in [7, 11) is 0. The standard InChI is InChI=1S/C10H17F3N2O/c1-4-14-8(2,3)7(16)15-9(5-6-9)10(11,12)13/h14H,4-6H2,1-3H3,(H,15,16). The zero-order chi connectivity index (χ0) is 12.6. The molecule has 0 heterocycles. The number of likely N-dealkylation sites (N-methyl/N-ethyl adjacent to an activating group) is 1. The predicted octanol–water partition coefficient (Wildman–Crippen LogP) is 1.59. The van der Waals surface area contributed by atoms with Crippen molar-refractivity contribution in [2.45, 2.75) is 50.9 Å². The predicted molar refractivity (Wildman–Crippen MR) is 53.9 cm³/mol. The van der Waals surface area contributed by atoms with E-state index in [2.05, 4.69) is 10.6 Å². The largest absolute Gasteiger partial charge is 0.411 e. The molecule has 0 saturated heterocycles. The Labute approximate surface area is 92.8 Å². The fraction of sp³-hybridized carbons (Fsp3) is 0.900. The van der Waals surface area contributed by atoms with E-state index in [0.717, 1.165) is 0 Å². The Balaban J connectivity index is 2.65. The number of hydrogen-bond acceptors (Lipinski definition) is 2. The third-order valence-electron chi connectivity index (χ3n) is 2.83. The fourth-order valence-electron chi connectivity index (χ4n) is 1.50.